The van der Waals surface area contributed by atoms with E-state index < -0.39 is 5.25 Å². The zero-order valence-electron chi connectivity index (χ0n) is 19.5. The Balaban J connectivity index is 1.55. The minimum absolute atomic E-state index is 0.0221. The number of Topliss-reactive ketones (excluding diaryl/α,β-unsaturated/α-hetero) is 1. The number of amides is 1. The summed E-state index contributed by atoms with van der Waals surface area (Å²) in [6.07, 6.45) is 7.72. The lowest BCUT2D eigenvalue weighted by atomic mass is 9.97. The fourth-order valence-electron chi connectivity index (χ4n) is 4.07. The monoisotopic (exact) mass is 475 g/mol. The van der Waals surface area contributed by atoms with Gasteiger partial charge in [0.25, 0.3) is 5.56 Å². The molecule has 0 unspecified atom stereocenters. The van der Waals surface area contributed by atoms with E-state index in [4.69, 9.17) is 4.98 Å². The molecule has 1 aliphatic carbocycles. The molecule has 2 aromatic carbocycles. The van der Waals surface area contributed by atoms with Gasteiger partial charge in [-0.1, -0.05) is 35.5 Å². The van der Waals surface area contributed by atoms with Crippen LogP contribution in [-0.4, -0.2) is 26.5 Å². The average Bonchev–Trinajstić information content (AvgIpc) is 2.84. The van der Waals surface area contributed by atoms with E-state index >= 15 is 0 Å². The van der Waals surface area contributed by atoms with E-state index in [-0.39, 0.29) is 17.2 Å². The zero-order chi connectivity index (χ0) is 24.1. The third-order valence-electron chi connectivity index (χ3n) is 6.08. The minimum atomic E-state index is -0.472. The molecule has 1 heterocycles. The summed E-state index contributed by atoms with van der Waals surface area (Å²) in [6, 6.07) is 14.2. The fourth-order valence-corrected chi connectivity index (χ4v) is 5.00. The molecule has 0 aliphatic heterocycles. The highest BCUT2D eigenvalue weighted by atomic mass is 32.2. The molecule has 0 saturated carbocycles. The third-order valence-corrected chi connectivity index (χ3v) is 7.17. The number of carbonyl (C=O) groups is 2. The van der Waals surface area contributed by atoms with Gasteiger partial charge < -0.3 is 5.32 Å². The Bertz CT molecular complexity index is 1290. The Kier molecular flexibility index (Phi) is 7.63. The average molecular weight is 476 g/mol. The minimum Gasteiger partial charge on any atom is -0.325 e. The molecule has 7 heteroatoms. The molecule has 4 rings (SSSR count). The van der Waals surface area contributed by atoms with Crippen LogP contribution in [0.2, 0.25) is 0 Å². The summed E-state index contributed by atoms with van der Waals surface area (Å²) in [6.45, 7) is 3.86. The van der Waals surface area contributed by atoms with Gasteiger partial charge in [0.1, 0.15) is 0 Å². The predicted octanol–water partition coefficient (Wildman–Crippen LogP) is 5.61. The van der Waals surface area contributed by atoms with Gasteiger partial charge in [-0.2, -0.15) is 0 Å². The molecular formula is C27H29N3O3S. The summed E-state index contributed by atoms with van der Waals surface area (Å²) in [5, 5.41) is 3.56. The number of para-hydroxylation sites is 1. The molecule has 0 fully saturated rings. The Morgan fingerprint density at radius 3 is 2.59 bits per heavy atom. The molecular weight excluding hydrogens is 446 g/mol. The van der Waals surface area contributed by atoms with Gasteiger partial charge >= 0.3 is 0 Å². The van der Waals surface area contributed by atoms with Gasteiger partial charge in [0.2, 0.25) is 5.91 Å². The normalized spacial score (nSPS) is 14.5. The molecule has 176 valence electrons. The van der Waals surface area contributed by atoms with Crippen molar-refractivity contribution < 1.29 is 9.59 Å². The first-order chi connectivity index (χ1) is 16.4. The van der Waals surface area contributed by atoms with E-state index in [0.29, 0.717) is 33.9 Å². The smallest absolute Gasteiger partial charge is 0.262 e. The van der Waals surface area contributed by atoms with Crippen LogP contribution in [0, 0.1) is 0 Å². The summed E-state index contributed by atoms with van der Waals surface area (Å²) in [7, 11) is 0. The van der Waals surface area contributed by atoms with Crippen molar-refractivity contribution in [1.29, 1.82) is 0 Å². The Morgan fingerprint density at radius 2 is 1.88 bits per heavy atom. The van der Waals surface area contributed by atoms with Crippen molar-refractivity contribution in [1.82, 2.24) is 9.55 Å². The first kappa shape index (κ1) is 24.0. The number of nitrogens with one attached hydrogen (secondary N) is 1. The van der Waals surface area contributed by atoms with E-state index in [9.17, 15) is 14.4 Å². The van der Waals surface area contributed by atoms with Crippen molar-refractivity contribution in [3.8, 4) is 0 Å². The standard InChI is InChI=1S/C27H29N3O3S/c1-18(31)21-12-14-22(15-13-21)28-25(32)19(2)34-27-29-24-11-7-6-10-23(24)26(33)30(27)17-16-20-8-4-3-5-9-20/h6-8,10-15,19H,3-5,9,16-17H2,1-2H3,(H,28,32)/t19-/m0/s1. The lowest BCUT2D eigenvalue weighted by Gasteiger charge is -2.18. The van der Waals surface area contributed by atoms with Gasteiger partial charge in [-0.05, 0) is 82.3 Å². The number of hydrogen-bond donors (Lipinski definition) is 1. The van der Waals surface area contributed by atoms with Gasteiger partial charge in [-0.25, -0.2) is 4.98 Å². The number of carbonyl (C=O) groups excluding carboxylic acids is 2. The molecule has 0 spiro atoms. The van der Waals surface area contributed by atoms with Crippen molar-refractivity contribution in [2.24, 2.45) is 0 Å². The molecule has 0 bridgehead atoms. The van der Waals surface area contributed by atoms with Crippen LogP contribution in [-0.2, 0) is 11.3 Å². The van der Waals surface area contributed by atoms with E-state index in [1.807, 2.05) is 18.2 Å². The molecule has 6 nitrogen and oxygen atoms in total. The second-order valence-electron chi connectivity index (χ2n) is 8.61. The van der Waals surface area contributed by atoms with Crippen LogP contribution >= 0.6 is 11.8 Å². The topological polar surface area (TPSA) is 81.1 Å². The number of rotatable bonds is 8. The quantitative estimate of drug-likeness (QED) is 0.198. The molecule has 34 heavy (non-hydrogen) atoms. The van der Waals surface area contributed by atoms with E-state index in [2.05, 4.69) is 11.4 Å². The van der Waals surface area contributed by atoms with Crippen molar-refractivity contribution in [3.05, 3.63) is 76.1 Å². The van der Waals surface area contributed by atoms with Crippen LogP contribution in [0.1, 0.15) is 56.3 Å². The van der Waals surface area contributed by atoms with E-state index in [1.54, 1.807) is 41.8 Å². The highest BCUT2D eigenvalue weighted by Crippen LogP contribution is 2.26. The molecule has 3 aromatic rings. The number of hydrogen-bond acceptors (Lipinski definition) is 5. The summed E-state index contributed by atoms with van der Waals surface area (Å²) in [5.41, 5.74) is 3.17. The van der Waals surface area contributed by atoms with Gasteiger partial charge in [0.15, 0.2) is 10.9 Å². The van der Waals surface area contributed by atoms with Crippen LogP contribution in [0.4, 0.5) is 5.69 Å². The summed E-state index contributed by atoms with van der Waals surface area (Å²) in [5.74, 6) is -0.212. The van der Waals surface area contributed by atoms with Gasteiger partial charge in [-0.3, -0.25) is 19.0 Å². The van der Waals surface area contributed by atoms with Crippen LogP contribution in [0.3, 0.4) is 0 Å². The highest BCUT2D eigenvalue weighted by Gasteiger charge is 2.20. The van der Waals surface area contributed by atoms with Gasteiger partial charge in [0, 0.05) is 17.8 Å². The molecule has 1 N–H and O–H groups in total. The summed E-state index contributed by atoms with van der Waals surface area (Å²) >= 11 is 1.29. The Hall–Kier alpha value is -3.19. The number of nitrogens with zero attached hydrogens (tertiary/aromatic N) is 2. The SMILES string of the molecule is CC(=O)c1ccc(NC(=O)[C@H](C)Sc2nc3ccccc3c(=O)n2CCC2=CCCCC2)cc1. The number of aromatic nitrogens is 2. The van der Waals surface area contributed by atoms with Crippen LogP contribution in [0.15, 0.2) is 70.1 Å². The van der Waals surface area contributed by atoms with Gasteiger partial charge in [-0.15, -0.1) is 0 Å². The number of thioether (sulfide) groups is 1. The maximum atomic E-state index is 13.3. The van der Waals surface area contributed by atoms with Crippen molar-refractivity contribution >= 4 is 40.0 Å². The molecule has 1 amide bonds. The van der Waals surface area contributed by atoms with Crippen molar-refractivity contribution in [2.75, 3.05) is 5.32 Å². The maximum Gasteiger partial charge on any atom is 0.262 e. The Labute approximate surface area is 203 Å². The molecule has 1 aromatic heterocycles. The third kappa shape index (κ3) is 5.65. The maximum absolute atomic E-state index is 13.3. The predicted molar refractivity (Wildman–Crippen MR) is 138 cm³/mol. The molecule has 1 aliphatic rings. The summed E-state index contributed by atoms with van der Waals surface area (Å²) in [4.78, 5) is 42.4. The summed E-state index contributed by atoms with van der Waals surface area (Å²) < 4.78 is 1.72. The van der Waals surface area contributed by atoms with Crippen molar-refractivity contribution in [2.45, 2.75) is 62.9 Å². The van der Waals surface area contributed by atoms with Gasteiger partial charge in [0.05, 0.1) is 16.2 Å². The number of allylic oxidation sites excluding steroid dienone is 2. The highest BCUT2D eigenvalue weighted by molar-refractivity contribution is 8.00. The Morgan fingerprint density at radius 1 is 1.12 bits per heavy atom. The lowest BCUT2D eigenvalue weighted by Crippen LogP contribution is -2.27. The molecule has 0 saturated heterocycles. The van der Waals surface area contributed by atoms with Crippen LogP contribution in [0.5, 0.6) is 0 Å². The number of ketones is 1. The second-order valence-corrected chi connectivity index (χ2v) is 9.92. The van der Waals surface area contributed by atoms with E-state index in [1.165, 1.54) is 37.1 Å². The first-order valence-corrected chi connectivity index (χ1v) is 12.6. The number of anilines is 1. The lowest BCUT2D eigenvalue weighted by molar-refractivity contribution is -0.115. The number of fused-ring (bicyclic) bond motifs is 1. The van der Waals surface area contributed by atoms with E-state index in [0.717, 1.165) is 19.3 Å². The van der Waals surface area contributed by atoms with Crippen LogP contribution < -0.4 is 10.9 Å². The van der Waals surface area contributed by atoms with Crippen molar-refractivity contribution in [3.63, 3.8) is 0 Å². The zero-order valence-corrected chi connectivity index (χ0v) is 20.4. The fraction of sp³-hybridized carbons (Fsp3) is 0.333. The van der Waals surface area contributed by atoms with Crippen LogP contribution in [0.25, 0.3) is 10.9 Å². The largest absolute Gasteiger partial charge is 0.325 e. The second kappa shape index (κ2) is 10.8. The first-order valence-electron chi connectivity index (χ1n) is 11.7. The molecule has 0 radical (unpaired) electrons. The molecule has 1 atom stereocenters. The number of benzene rings is 2.